The third-order valence-electron chi connectivity index (χ3n) is 4.45. The summed E-state index contributed by atoms with van der Waals surface area (Å²) in [5.74, 6) is 1.24. The average Bonchev–Trinajstić information content (AvgIpc) is 2.61. The van der Waals surface area contributed by atoms with Gasteiger partial charge in [0.05, 0.1) is 25.5 Å². The minimum Gasteiger partial charge on any atom is -0.493 e. The Kier molecular flexibility index (Phi) is 4.52. The molecule has 1 N–H and O–H groups in total. The van der Waals surface area contributed by atoms with E-state index in [9.17, 15) is 5.26 Å². The number of methoxy groups -OCH3 is 2. The number of ether oxygens (including phenoxy) is 2. The Balaban J connectivity index is 2.11. The molecule has 23 heavy (non-hydrogen) atoms. The number of pyridine rings is 1. The van der Waals surface area contributed by atoms with Crippen LogP contribution in [0.2, 0.25) is 0 Å². The quantitative estimate of drug-likeness (QED) is 0.928. The minimum absolute atomic E-state index is 0.412. The van der Waals surface area contributed by atoms with Gasteiger partial charge in [-0.05, 0) is 25.0 Å². The number of fused-ring (bicyclic) bond motifs is 1. The first-order valence-electron chi connectivity index (χ1n) is 7.98. The number of aromatic nitrogens is 1. The van der Waals surface area contributed by atoms with Crippen LogP contribution in [0.5, 0.6) is 11.5 Å². The van der Waals surface area contributed by atoms with Crippen LogP contribution in [0.1, 0.15) is 37.7 Å². The maximum absolute atomic E-state index is 9.45. The molecule has 1 heterocycles. The highest BCUT2D eigenvalue weighted by molar-refractivity contribution is 5.98. The van der Waals surface area contributed by atoms with Crippen LogP contribution in [-0.4, -0.2) is 25.2 Å². The number of anilines is 1. The number of hydrogen-bond acceptors (Lipinski definition) is 5. The van der Waals surface area contributed by atoms with Crippen molar-refractivity contribution >= 4 is 16.6 Å². The van der Waals surface area contributed by atoms with Gasteiger partial charge in [-0.25, -0.2) is 0 Å². The first-order valence-corrected chi connectivity index (χ1v) is 7.98. The molecule has 3 rings (SSSR count). The summed E-state index contributed by atoms with van der Waals surface area (Å²) >= 11 is 0. The second kappa shape index (κ2) is 6.74. The van der Waals surface area contributed by atoms with Crippen LogP contribution in [0.3, 0.4) is 0 Å². The summed E-state index contributed by atoms with van der Waals surface area (Å²) in [5, 5.41) is 13.9. The van der Waals surface area contributed by atoms with Gasteiger partial charge in [0.2, 0.25) is 0 Å². The van der Waals surface area contributed by atoms with Crippen molar-refractivity contribution in [3.05, 3.63) is 23.9 Å². The summed E-state index contributed by atoms with van der Waals surface area (Å²) in [7, 11) is 3.21. The summed E-state index contributed by atoms with van der Waals surface area (Å²) in [6, 6.07) is 6.46. The minimum atomic E-state index is 0.412. The van der Waals surface area contributed by atoms with E-state index in [0.717, 1.165) is 23.9 Å². The topological polar surface area (TPSA) is 67.2 Å². The molecule has 0 aliphatic heterocycles. The van der Waals surface area contributed by atoms with E-state index in [1.807, 2.05) is 12.1 Å². The molecule has 1 aliphatic carbocycles. The van der Waals surface area contributed by atoms with Crippen molar-refractivity contribution < 1.29 is 9.47 Å². The van der Waals surface area contributed by atoms with Crippen molar-refractivity contribution in [2.45, 2.75) is 38.1 Å². The summed E-state index contributed by atoms with van der Waals surface area (Å²) in [5.41, 5.74) is 2.13. The fourth-order valence-electron chi connectivity index (χ4n) is 3.27. The van der Waals surface area contributed by atoms with E-state index < -0.39 is 0 Å². The number of nitrogens with zero attached hydrogens (tertiary/aromatic N) is 2. The molecule has 0 atom stereocenters. The Morgan fingerprint density at radius 3 is 2.61 bits per heavy atom. The zero-order chi connectivity index (χ0) is 16.2. The summed E-state index contributed by atoms with van der Waals surface area (Å²) in [4.78, 5) is 4.42. The van der Waals surface area contributed by atoms with E-state index in [0.29, 0.717) is 28.6 Å². The number of nitriles is 1. The molecular weight excluding hydrogens is 290 g/mol. The van der Waals surface area contributed by atoms with Gasteiger partial charge < -0.3 is 14.8 Å². The predicted octanol–water partition coefficient (Wildman–Crippen LogP) is 3.87. The molecule has 2 aromatic rings. The monoisotopic (exact) mass is 311 g/mol. The van der Waals surface area contributed by atoms with Crippen molar-refractivity contribution in [2.24, 2.45) is 0 Å². The van der Waals surface area contributed by atoms with Gasteiger partial charge in [-0.1, -0.05) is 19.3 Å². The van der Waals surface area contributed by atoms with E-state index in [1.165, 1.54) is 19.3 Å². The van der Waals surface area contributed by atoms with Gasteiger partial charge in [0, 0.05) is 17.6 Å². The largest absolute Gasteiger partial charge is 0.493 e. The second-order valence-corrected chi connectivity index (χ2v) is 5.84. The molecule has 0 saturated heterocycles. The Labute approximate surface area is 136 Å². The van der Waals surface area contributed by atoms with Gasteiger partial charge in [-0.3, -0.25) is 4.98 Å². The van der Waals surface area contributed by atoms with E-state index in [-0.39, 0.29) is 0 Å². The van der Waals surface area contributed by atoms with Crippen LogP contribution >= 0.6 is 0 Å². The van der Waals surface area contributed by atoms with Gasteiger partial charge >= 0.3 is 0 Å². The molecule has 5 heteroatoms. The van der Waals surface area contributed by atoms with Crippen molar-refractivity contribution in [2.75, 3.05) is 19.5 Å². The number of nitrogens with one attached hydrogen (secondary N) is 1. The van der Waals surface area contributed by atoms with Gasteiger partial charge in [-0.15, -0.1) is 0 Å². The molecule has 0 radical (unpaired) electrons. The molecule has 1 aliphatic rings. The molecule has 0 bridgehead atoms. The van der Waals surface area contributed by atoms with Crippen molar-refractivity contribution in [3.63, 3.8) is 0 Å². The van der Waals surface area contributed by atoms with E-state index in [1.54, 1.807) is 20.4 Å². The second-order valence-electron chi connectivity index (χ2n) is 5.84. The molecule has 1 aromatic heterocycles. The van der Waals surface area contributed by atoms with Crippen molar-refractivity contribution in [1.82, 2.24) is 4.98 Å². The highest BCUT2D eigenvalue weighted by atomic mass is 16.5. The van der Waals surface area contributed by atoms with Crippen LogP contribution in [-0.2, 0) is 0 Å². The fraction of sp³-hybridized carbons (Fsp3) is 0.444. The maximum atomic E-state index is 9.45. The lowest BCUT2D eigenvalue weighted by molar-refractivity contribution is 0.358. The molecule has 1 saturated carbocycles. The molecular formula is C18H21N3O2. The Morgan fingerprint density at radius 2 is 1.96 bits per heavy atom. The average molecular weight is 311 g/mol. The summed E-state index contributed by atoms with van der Waals surface area (Å²) in [6.07, 6.45) is 7.66. The lowest BCUT2D eigenvalue weighted by Crippen LogP contribution is -2.23. The summed E-state index contributed by atoms with van der Waals surface area (Å²) < 4.78 is 10.8. The third kappa shape index (κ3) is 2.89. The molecule has 0 unspecified atom stereocenters. The van der Waals surface area contributed by atoms with Gasteiger partial charge in [0.15, 0.2) is 11.5 Å². The first-order chi connectivity index (χ1) is 11.3. The van der Waals surface area contributed by atoms with Crippen LogP contribution in [0.25, 0.3) is 10.9 Å². The van der Waals surface area contributed by atoms with Crippen molar-refractivity contribution in [3.8, 4) is 17.6 Å². The fourth-order valence-corrected chi connectivity index (χ4v) is 3.27. The highest BCUT2D eigenvalue weighted by Crippen LogP contribution is 2.38. The van der Waals surface area contributed by atoms with Crippen molar-refractivity contribution in [1.29, 1.82) is 5.26 Å². The SMILES string of the molecule is COc1ccc2c(NC3CCCCC3)c(C#N)cnc2c1OC. The van der Waals surface area contributed by atoms with Gasteiger partial charge in [-0.2, -0.15) is 5.26 Å². The van der Waals surface area contributed by atoms with Crippen LogP contribution in [0.15, 0.2) is 18.3 Å². The summed E-state index contributed by atoms with van der Waals surface area (Å²) in [6.45, 7) is 0. The lowest BCUT2D eigenvalue weighted by Gasteiger charge is -2.25. The zero-order valence-corrected chi connectivity index (χ0v) is 13.6. The zero-order valence-electron chi connectivity index (χ0n) is 13.6. The molecule has 1 fully saturated rings. The lowest BCUT2D eigenvalue weighted by atomic mass is 9.94. The molecule has 120 valence electrons. The Bertz CT molecular complexity index is 746. The molecule has 1 aromatic carbocycles. The number of rotatable bonds is 4. The molecule has 0 spiro atoms. The van der Waals surface area contributed by atoms with Gasteiger partial charge in [0.25, 0.3) is 0 Å². The smallest absolute Gasteiger partial charge is 0.187 e. The van der Waals surface area contributed by atoms with Crippen LogP contribution in [0, 0.1) is 11.3 Å². The standard InChI is InChI=1S/C18H21N3O2/c1-22-15-9-8-14-16(21-13-6-4-3-5-7-13)12(10-19)11-20-17(14)18(15)23-2/h8-9,11,13H,3-7H2,1-2H3,(H,20,21). The maximum Gasteiger partial charge on any atom is 0.187 e. The number of benzene rings is 1. The van der Waals surface area contributed by atoms with E-state index in [4.69, 9.17) is 9.47 Å². The Morgan fingerprint density at radius 1 is 1.17 bits per heavy atom. The first kappa shape index (κ1) is 15.4. The van der Waals surface area contributed by atoms with E-state index in [2.05, 4.69) is 16.4 Å². The Hall–Kier alpha value is -2.48. The molecule has 5 nitrogen and oxygen atoms in total. The highest BCUT2D eigenvalue weighted by Gasteiger charge is 2.19. The normalized spacial score (nSPS) is 15.2. The number of hydrogen-bond donors (Lipinski definition) is 1. The molecule has 0 amide bonds. The predicted molar refractivity (Wildman–Crippen MR) is 90.1 cm³/mol. The third-order valence-corrected chi connectivity index (χ3v) is 4.45. The van der Waals surface area contributed by atoms with E-state index >= 15 is 0 Å². The van der Waals surface area contributed by atoms with Crippen LogP contribution in [0.4, 0.5) is 5.69 Å². The van der Waals surface area contributed by atoms with Gasteiger partial charge in [0.1, 0.15) is 11.6 Å². The van der Waals surface area contributed by atoms with Crippen LogP contribution < -0.4 is 14.8 Å².